The molecule has 0 aliphatic rings. The highest BCUT2D eigenvalue weighted by Gasteiger charge is 2.14. The zero-order valence-corrected chi connectivity index (χ0v) is 16.9. The SMILES string of the molecule is CCC(C)c1ccc(C(=O)CSc2nnc(C)n2Cc2ccccc2)cc1. The van der Waals surface area contributed by atoms with Gasteiger partial charge in [-0.1, -0.05) is 80.2 Å². The van der Waals surface area contributed by atoms with E-state index in [2.05, 4.69) is 52.9 Å². The molecule has 27 heavy (non-hydrogen) atoms. The van der Waals surface area contributed by atoms with Gasteiger partial charge in [0.05, 0.1) is 12.3 Å². The molecule has 0 saturated heterocycles. The molecule has 5 heteroatoms. The molecule has 1 aromatic heterocycles. The van der Waals surface area contributed by atoms with Gasteiger partial charge in [-0.2, -0.15) is 0 Å². The molecule has 0 N–H and O–H groups in total. The molecule has 1 atom stereocenters. The molecule has 0 radical (unpaired) electrons. The molecule has 0 spiro atoms. The minimum atomic E-state index is 0.114. The van der Waals surface area contributed by atoms with E-state index in [-0.39, 0.29) is 5.78 Å². The van der Waals surface area contributed by atoms with Crippen LogP contribution in [0, 0.1) is 6.92 Å². The topological polar surface area (TPSA) is 47.8 Å². The largest absolute Gasteiger partial charge is 0.302 e. The molecule has 0 aliphatic carbocycles. The van der Waals surface area contributed by atoms with Crippen LogP contribution in [0.2, 0.25) is 0 Å². The van der Waals surface area contributed by atoms with E-state index in [0.29, 0.717) is 18.2 Å². The summed E-state index contributed by atoms with van der Waals surface area (Å²) in [4.78, 5) is 12.6. The average Bonchev–Trinajstić information content (AvgIpc) is 3.06. The van der Waals surface area contributed by atoms with Crippen LogP contribution in [0.3, 0.4) is 0 Å². The number of carbonyl (C=O) groups is 1. The van der Waals surface area contributed by atoms with E-state index in [0.717, 1.165) is 23.0 Å². The molecule has 0 amide bonds. The lowest BCUT2D eigenvalue weighted by Crippen LogP contribution is -2.07. The molecule has 3 aromatic rings. The minimum Gasteiger partial charge on any atom is -0.302 e. The molecule has 2 aromatic carbocycles. The molecule has 4 nitrogen and oxygen atoms in total. The maximum absolute atomic E-state index is 12.6. The fourth-order valence-corrected chi connectivity index (χ4v) is 3.74. The molecule has 140 valence electrons. The number of Topliss-reactive ketones (excluding diaryl/α,β-unsaturated/α-hetero) is 1. The van der Waals surface area contributed by atoms with Crippen LogP contribution in [-0.4, -0.2) is 26.3 Å². The van der Waals surface area contributed by atoms with E-state index in [1.54, 1.807) is 0 Å². The summed E-state index contributed by atoms with van der Waals surface area (Å²) in [6, 6.07) is 18.2. The Morgan fingerprint density at radius 1 is 1.07 bits per heavy atom. The minimum absolute atomic E-state index is 0.114. The predicted octanol–water partition coefficient (Wildman–Crippen LogP) is 5.12. The third-order valence-corrected chi connectivity index (χ3v) is 5.80. The Morgan fingerprint density at radius 3 is 2.44 bits per heavy atom. The highest BCUT2D eigenvalue weighted by Crippen LogP contribution is 2.22. The van der Waals surface area contributed by atoms with E-state index in [1.807, 2.05) is 37.3 Å². The summed E-state index contributed by atoms with van der Waals surface area (Å²) in [7, 11) is 0. The van der Waals surface area contributed by atoms with Gasteiger partial charge in [0.25, 0.3) is 0 Å². The van der Waals surface area contributed by atoms with Gasteiger partial charge in [-0.15, -0.1) is 10.2 Å². The first-order chi connectivity index (χ1) is 13.1. The van der Waals surface area contributed by atoms with Crippen LogP contribution in [0.4, 0.5) is 0 Å². The molecular formula is C22H25N3OS. The van der Waals surface area contributed by atoms with E-state index in [9.17, 15) is 4.79 Å². The number of aromatic nitrogens is 3. The Hall–Kier alpha value is -2.40. The van der Waals surface area contributed by atoms with Crippen molar-refractivity contribution in [3.63, 3.8) is 0 Å². The van der Waals surface area contributed by atoms with Crippen molar-refractivity contribution in [3.05, 3.63) is 77.1 Å². The number of hydrogen-bond acceptors (Lipinski definition) is 4. The van der Waals surface area contributed by atoms with Crippen LogP contribution in [0.25, 0.3) is 0 Å². The number of aryl methyl sites for hydroxylation is 1. The molecule has 3 rings (SSSR count). The Kier molecular flexibility index (Phi) is 6.45. The van der Waals surface area contributed by atoms with E-state index >= 15 is 0 Å². The second kappa shape index (κ2) is 9.00. The zero-order chi connectivity index (χ0) is 19.2. The normalized spacial score (nSPS) is 12.1. The van der Waals surface area contributed by atoms with E-state index < -0.39 is 0 Å². The number of carbonyl (C=O) groups excluding carboxylic acids is 1. The Balaban J connectivity index is 1.65. The fourth-order valence-electron chi connectivity index (χ4n) is 2.86. The van der Waals surface area contributed by atoms with Crippen molar-refractivity contribution < 1.29 is 4.79 Å². The summed E-state index contributed by atoms with van der Waals surface area (Å²) >= 11 is 1.44. The van der Waals surface area contributed by atoms with Crippen molar-refractivity contribution in [2.24, 2.45) is 0 Å². The maximum atomic E-state index is 12.6. The lowest BCUT2D eigenvalue weighted by Gasteiger charge is -2.10. The van der Waals surface area contributed by atoms with Gasteiger partial charge in [-0.3, -0.25) is 4.79 Å². The van der Waals surface area contributed by atoms with Gasteiger partial charge in [0, 0.05) is 5.56 Å². The Bertz CT molecular complexity index is 888. The van der Waals surface area contributed by atoms with Crippen LogP contribution >= 0.6 is 11.8 Å². The van der Waals surface area contributed by atoms with Crippen LogP contribution in [0.1, 0.15) is 53.5 Å². The zero-order valence-electron chi connectivity index (χ0n) is 16.1. The first kappa shape index (κ1) is 19.4. The first-order valence-electron chi connectivity index (χ1n) is 9.28. The van der Waals surface area contributed by atoms with Gasteiger partial charge in [0.1, 0.15) is 5.82 Å². The van der Waals surface area contributed by atoms with Crippen molar-refractivity contribution in [2.45, 2.75) is 44.8 Å². The number of thioether (sulfide) groups is 1. The van der Waals surface area contributed by atoms with Crippen LogP contribution in [-0.2, 0) is 6.54 Å². The lowest BCUT2D eigenvalue weighted by atomic mass is 9.97. The number of hydrogen-bond donors (Lipinski definition) is 0. The first-order valence-corrected chi connectivity index (χ1v) is 10.3. The summed E-state index contributed by atoms with van der Waals surface area (Å²) in [6.45, 7) is 7.03. The second-order valence-electron chi connectivity index (χ2n) is 6.74. The highest BCUT2D eigenvalue weighted by molar-refractivity contribution is 7.99. The Labute approximate surface area is 165 Å². The van der Waals surface area contributed by atoms with Gasteiger partial charge < -0.3 is 4.57 Å². The third kappa shape index (κ3) is 4.86. The van der Waals surface area contributed by atoms with Gasteiger partial charge >= 0.3 is 0 Å². The van der Waals surface area contributed by atoms with Crippen molar-refractivity contribution >= 4 is 17.5 Å². The van der Waals surface area contributed by atoms with Crippen LogP contribution in [0.15, 0.2) is 59.8 Å². The molecule has 1 heterocycles. The van der Waals surface area contributed by atoms with Crippen molar-refractivity contribution in [2.75, 3.05) is 5.75 Å². The maximum Gasteiger partial charge on any atom is 0.191 e. The molecule has 0 bridgehead atoms. The van der Waals surface area contributed by atoms with E-state index in [4.69, 9.17) is 0 Å². The number of ketones is 1. The smallest absolute Gasteiger partial charge is 0.191 e. The van der Waals surface area contributed by atoms with Crippen molar-refractivity contribution in [1.82, 2.24) is 14.8 Å². The molecule has 1 unspecified atom stereocenters. The summed E-state index contributed by atoms with van der Waals surface area (Å²) in [5.74, 6) is 1.84. The number of rotatable bonds is 8. The van der Waals surface area contributed by atoms with Crippen molar-refractivity contribution in [3.8, 4) is 0 Å². The Morgan fingerprint density at radius 2 is 1.78 bits per heavy atom. The quantitative estimate of drug-likeness (QED) is 0.402. The summed E-state index contributed by atoms with van der Waals surface area (Å²) < 4.78 is 2.05. The summed E-state index contributed by atoms with van der Waals surface area (Å²) in [5, 5.41) is 9.21. The summed E-state index contributed by atoms with van der Waals surface area (Å²) in [5.41, 5.74) is 3.22. The van der Waals surface area contributed by atoms with Crippen LogP contribution in [0.5, 0.6) is 0 Å². The molecule has 0 fully saturated rings. The second-order valence-corrected chi connectivity index (χ2v) is 7.69. The monoisotopic (exact) mass is 379 g/mol. The lowest BCUT2D eigenvalue weighted by molar-refractivity contribution is 0.102. The van der Waals surface area contributed by atoms with Gasteiger partial charge in [-0.25, -0.2) is 0 Å². The molecular weight excluding hydrogens is 354 g/mol. The molecule has 0 saturated carbocycles. The fraction of sp³-hybridized carbons (Fsp3) is 0.318. The highest BCUT2D eigenvalue weighted by atomic mass is 32.2. The standard InChI is InChI=1S/C22H25N3OS/c1-4-16(2)19-10-12-20(13-11-19)21(26)15-27-22-24-23-17(3)25(22)14-18-8-6-5-7-9-18/h5-13,16H,4,14-15H2,1-3H3. The number of benzene rings is 2. The summed E-state index contributed by atoms with van der Waals surface area (Å²) in [6.07, 6.45) is 1.10. The van der Waals surface area contributed by atoms with Crippen molar-refractivity contribution in [1.29, 1.82) is 0 Å². The van der Waals surface area contributed by atoms with Gasteiger partial charge in [0.2, 0.25) is 0 Å². The van der Waals surface area contributed by atoms with Gasteiger partial charge in [0.15, 0.2) is 10.9 Å². The third-order valence-electron chi connectivity index (χ3n) is 4.83. The van der Waals surface area contributed by atoms with Crippen LogP contribution < -0.4 is 0 Å². The van der Waals surface area contributed by atoms with E-state index in [1.165, 1.54) is 22.9 Å². The predicted molar refractivity (Wildman–Crippen MR) is 111 cm³/mol. The van der Waals surface area contributed by atoms with Gasteiger partial charge in [-0.05, 0) is 30.4 Å². The number of nitrogens with zero attached hydrogens (tertiary/aromatic N) is 3. The molecule has 0 aliphatic heterocycles. The average molecular weight is 380 g/mol.